The zero-order valence-electron chi connectivity index (χ0n) is 13.1. The van der Waals surface area contributed by atoms with Gasteiger partial charge in [0.1, 0.15) is 5.60 Å². The smallest absolute Gasteiger partial charge is 0.434 e. The molecule has 0 saturated heterocycles. The molecule has 0 unspecified atom stereocenters. The minimum absolute atomic E-state index is 0.0777. The molecule has 0 aromatic heterocycles. The molecule has 118 valence electrons. The highest BCUT2D eigenvalue weighted by atomic mass is 32.3. The van der Waals surface area contributed by atoms with Gasteiger partial charge in [0.25, 0.3) is 10.0 Å². The molecule has 0 heterocycles. The molecule has 0 spiro atoms. The average Bonchev–Trinajstić information content (AvgIpc) is 2.23. The van der Waals surface area contributed by atoms with E-state index in [1.165, 1.54) is 0 Å². The van der Waals surface area contributed by atoms with E-state index in [0.717, 1.165) is 5.56 Å². The van der Waals surface area contributed by atoms with E-state index in [1.54, 1.807) is 46.8 Å². The molecule has 0 bridgehead atoms. The Morgan fingerprint density at radius 3 is 1.95 bits per heavy atom. The fraction of sp³-hybridized carbons (Fsp3) is 0.500. The number of benzene rings is 1. The van der Waals surface area contributed by atoms with Crippen molar-refractivity contribution >= 4 is 28.9 Å². The Bertz CT molecular complexity index is 637. The van der Waals surface area contributed by atoms with Crippen molar-refractivity contribution in [2.75, 3.05) is 0 Å². The maximum Gasteiger partial charge on any atom is 0.434 e. The van der Waals surface area contributed by atoms with Crippen LogP contribution in [0.4, 0.5) is 4.79 Å². The van der Waals surface area contributed by atoms with Gasteiger partial charge in [-0.05, 0) is 65.5 Å². The summed E-state index contributed by atoms with van der Waals surface area (Å²) in [5, 5.41) is 0. The van der Waals surface area contributed by atoms with Crippen LogP contribution in [0.3, 0.4) is 0 Å². The number of carbonyl (C=O) groups is 1. The predicted molar refractivity (Wildman–Crippen MR) is 84.9 cm³/mol. The summed E-state index contributed by atoms with van der Waals surface area (Å²) < 4.78 is 30.5. The number of sulfonamides is 1. The molecule has 0 radical (unpaired) electrons. The van der Waals surface area contributed by atoms with E-state index in [1.807, 2.05) is 6.92 Å². The van der Waals surface area contributed by atoms with E-state index in [2.05, 4.69) is 12.8 Å². The van der Waals surface area contributed by atoms with Crippen LogP contribution in [0.15, 0.2) is 17.0 Å². The van der Waals surface area contributed by atoms with Gasteiger partial charge in [-0.3, -0.25) is 0 Å². The maximum atomic E-state index is 12.6. The fourth-order valence-corrected chi connectivity index (χ4v) is 3.68. The van der Waals surface area contributed by atoms with Gasteiger partial charge in [-0.2, -0.15) is 8.42 Å². The molecule has 0 saturated carbocycles. The molecular weight excluding hydrogens is 310 g/mol. The molecule has 0 N–H and O–H groups in total. The monoisotopic (exact) mass is 331 g/mol. The van der Waals surface area contributed by atoms with Crippen molar-refractivity contribution in [3.63, 3.8) is 0 Å². The predicted octanol–water partition coefficient (Wildman–Crippen LogP) is 3.38. The maximum absolute atomic E-state index is 12.6. The summed E-state index contributed by atoms with van der Waals surface area (Å²) in [5.41, 5.74) is 1.28. The molecule has 21 heavy (non-hydrogen) atoms. The molecule has 0 atom stereocenters. The largest absolute Gasteiger partial charge is 0.442 e. The topological polar surface area (TPSA) is 63.7 Å². The van der Waals surface area contributed by atoms with Crippen molar-refractivity contribution in [3.8, 4) is 0 Å². The Morgan fingerprint density at radius 1 is 1.14 bits per heavy atom. The van der Waals surface area contributed by atoms with Crippen LogP contribution in [0.1, 0.15) is 37.5 Å². The van der Waals surface area contributed by atoms with Crippen molar-refractivity contribution in [1.82, 2.24) is 3.71 Å². The number of hydrogen-bond acceptors (Lipinski definition) is 5. The highest BCUT2D eigenvalue weighted by Crippen LogP contribution is 2.27. The lowest BCUT2D eigenvalue weighted by atomic mass is 10.1. The molecular formula is C14H21NO4S2. The van der Waals surface area contributed by atoms with E-state index >= 15 is 0 Å². The van der Waals surface area contributed by atoms with E-state index in [-0.39, 0.29) is 4.90 Å². The van der Waals surface area contributed by atoms with Gasteiger partial charge < -0.3 is 4.74 Å². The lowest BCUT2D eigenvalue weighted by molar-refractivity contribution is 0.0488. The number of nitrogens with zero attached hydrogens (tertiary/aromatic N) is 1. The molecule has 1 aromatic rings. The normalized spacial score (nSPS) is 12.1. The van der Waals surface area contributed by atoms with Crippen LogP contribution >= 0.6 is 12.8 Å². The first-order valence-electron chi connectivity index (χ1n) is 6.41. The minimum Gasteiger partial charge on any atom is -0.442 e. The number of aryl methyl sites for hydroxylation is 3. The summed E-state index contributed by atoms with van der Waals surface area (Å²) >= 11 is 3.82. The highest BCUT2D eigenvalue weighted by molar-refractivity contribution is 8.00. The summed E-state index contributed by atoms with van der Waals surface area (Å²) in [6.07, 6.45) is -1.02. The Kier molecular flexibility index (Phi) is 5.00. The van der Waals surface area contributed by atoms with Gasteiger partial charge in [0, 0.05) is 0 Å². The Balaban J connectivity index is 3.27. The molecule has 1 rings (SSSR count). The molecule has 0 aliphatic rings. The van der Waals surface area contributed by atoms with Crippen molar-refractivity contribution in [2.24, 2.45) is 0 Å². The quantitative estimate of drug-likeness (QED) is 0.844. The molecule has 0 aliphatic carbocycles. The summed E-state index contributed by atoms with van der Waals surface area (Å²) in [5.74, 6) is 0. The Morgan fingerprint density at radius 2 is 1.57 bits per heavy atom. The zero-order chi connectivity index (χ0) is 16.6. The molecule has 5 nitrogen and oxygen atoms in total. The van der Waals surface area contributed by atoms with Crippen LogP contribution in [0.5, 0.6) is 0 Å². The second-order valence-corrected chi connectivity index (χ2v) is 8.35. The molecule has 1 amide bonds. The Hall–Kier alpha value is -1.21. The third-order valence-corrected chi connectivity index (χ3v) is 5.21. The zero-order valence-corrected chi connectivity index (χ0v) is 14.8. The number of thiol groups is 1. The molecule has 7 heteroatoms. The van der Waals surface area contributed by atoms with Crippen molar-refractivity contribution in [3.05, 3.63) is 28.8 Å². The van der Waals surface area contributed by atoms with Crippen LogP contribution in [0.2, 0.25) is 0 Å². The average molecular weight is 331 g/mol. The van der Waals surface area contributed by atoms with Gasteiger partial charge >= 0.3 is 6.09 Å². The molecule has 1 aromatic carbocycles. The number of amides is 1. The van der Waals surface area contributed by atoms with E-state index < -0.39 is 21.7 Å². The van der Waals surface area contributed by atoms with Crippen molar-refractivity contribution in [2.45, 2.75) is 52.0 Å². The first kappa shape index (κ1) is 17.8. The first-order valence-corrected chi connectivity index (χ1v) is 8.25. The second-order valence-electron chi connectivity index (χ2n) is 5.96. The molecule has 0 aliphatic heterocycles. The van der Waals surface area contributed by atoms with Crippen molar-refractivity contribution < 1.29 is 17.9 Å². The van der Waals surface area contributed by atoms with Crippen LogP contribution in [0.25, 0.3) is 0 Å². The van der Waals surface area contributed by atoms with Crippen LogP contribution in [-0.4, -0.2) is 23.8 Å². The number of rotatable bonds is 2. The van der Waals surface area contributed by atoms with Gasteiger partial charge in [-0.15, -0.1) is 3.71 Å². The summed E-state index contributed by atoms with van der Waals surface area (Å²) in [6, 6.07) is 3.49. The van der Waals surface area contributed by atoms with Gasteiger partial charge in [-0.25, -0.2) is 4.79 Å². The summed E-state index contributed by atoms with van der Waals surface area (Å²) in [4.78, 5) is 12.0. The summed E-state index contributed by atoms with van der Waals surface area (Å²) in [6.45, 7) is 10.2. The van der Waals surface area contributed by atoms with Crippen LogP contribution in [-0.2, 0) is 14.8 Å². The van der Waals surface area contributed by atoms with E-state index in [9.17, 15) is 13.2 Å². The number of hydrogen-bond donors (Lipinski definition) is 1. The minimum atomic E-state index is -4.07. The van der Waals surface area contributed by atoms with Crippen LogP contribution < -0.4 is 0 Å². The van der Waals surface area contributed by atoms with Gasteiger partial charge in [-0.1, -0.05) is 17.7 Å². The van der Waals surface area contributed by atoms with Gasteiger partial charge in [0.15, 0.2) is 0 Å². The number of carbonyl (C=O) groups excluding carboxylic acids is 1. The van der Waals surface area contributed by atoms with Gasteiger partial charge in [0.2, 0.25) is 0 Å². The Labute approximate surface area is 131 Å². The van der Waals surface area contributed by atoms with Crippen molar-refractivity contribution in [1.29, 1.82) is 0 Å². The highest BCUT2D eigenvalue weighted by Gasteiger charge is 2.33. The van der Waals surface area contributed by atoms with E-state index in [0.29, 0.717) is 14.8 Å². The van der Waals surface area contributed by atoms with Gasteiger partial charge in [0.05, 0.1) is 4.90 Å². The lowest BCUT2D eigenvalue weighted by Gasteiger charge is -2.24. The first-order chi connectivity index (χ1) is 9.36. The SMILES string of the molecule is Cc1cc(C)c(S(=O)(=O)N(S)C(=O)OC(C)(C)C)c(C)c1. The fourth-order valence-electron chi connectivity index (χ4n) is 2.06. The van der Waals surface area contributed by atoms with E-state index in [4.69, 9.17) is 4.74 Å². The molecule has 0 fully saturated rings. The standard InChI is InChI=1S/C14H21NO4S2/c1-9-7-10(2)12(11(3)8-9)21(17,18)15(20)13(16)19-14(4,5)6/h7-8,20H,1-6H3. The third kappa shape index (κ3) is 4.14. The second kappa shape index (κ2) is 5.88. The number of ether oxygens (including phenoxy) is 1. The lowest BCUT2D eigenvalue weighted by Crippen LogP contribution is -2.35. The third-order valence-electron chi connectivity index (χ3n) is 2.64. The summed E-state index contributed by atoms with van der Waals surface area (Å²) in [7, 11) is -4.07. The van der Waals surface area contributed by atoms with Crippen LogP contribution in [0, 0.1) is 20.8 Å².